The summed E-state index contributed by atoms with van der Waals surface area (Å²) in [5.41, 5.74) is 1.02. The van der Waals surface area contributed by atoms with E-state index in [0.29, 0.717) is 12.8 Å². The van der Waals surface area contributed by atoms with Crippen LogP contribution in [-0.2, 0) is 9.59 Å². The molecule has 1 amide bonds. The average Bonchev–Trinajstić information content (AvgIpc) is 2.65. The highest BCUT2D eigenvalue weighted by molar-refractivity contribution is 5.83. The van der Waals surface area contributed by atoms with E-state index in [0.717, 1.165) is 44.6 Å². The van der Waals surface area contributed by atoms with Crippen molar-refractivity contribution in [1.82, 2.24) is 15.1 Å². The van der Waals surface area contributed by atoms with Gasteiger partial charge in [0.25, 0.3) is 0 Å². The van der Waals surface area contributed by atoms with Crippen molar-refractivity contribution in [2.24, 2.45) is 5.92 Å². The number of piperazine rings is 1. The van der Waals surface area contributed by atoms with Gasteiger partial charge in [-0.2, -0.15) is 0 Å². The molecule has 26 heavy (non-hydrogen) atoms. The third kappa shape index (κ3) is 4.62. The molecule has 1 aliphatic carbocycles. The van der Waals surface area contributed by atoms with Gasteiger partial charge in [-0.05, 0) is 38.3 Å². The predicted octanol–water partition coefficient (Wildman–Crippen LogP) is 1.73. The number of carbonyl (C=O) groups is 2. The Kier molecular flexibility index (Phi) is 6.27. The average molecular weight is 359 g/mol. The number of rotatable bonds is 5. The lowest BCUT2D eigenvalue weighted by atomic mass is 9.86. The van der Waals surface area contributed by atoms with Crippen LogP contribution in [0.25, 0.3) is 0 Å². The van der Waals surface area contributed by atoms with E-state index in [-0.39, 0.29) is 23.9 Å². The quantitative estimate of drug-likeness (QED) is 0.838. The van der Waals surface area contributed by atoms with Crippen LogP contribution in [0.2, 0.25) is 0 Å². The largest absolute Gasteiger partial charge is 0.481 e. The Hall–Kier alpha value is -1.92. The first-order valence-corrected chi connectivity index (χ1v) is 9.55. The molecule has 0 radical (unpaired) electrons. The molecule has 1 unspecified atom stereocenters. The number of carbonyl (C=O) groups excluding carboxylic acids is 1. The molecule has 0 bridgehead atoms. The van der Waals surface area contributed by atoms with Gasteiger partial charge in [0.1, 0.15) is 6.04 Å². The zero-order valence-corrected chi connectivity index (χ0v) is 15.4. The lowest BCUT2D eigenvalue weighted by Crippen LogP contribution is -2.51. The normalized spacial score (nSPS) is 26.2. The molecule has 1 aromatic rings. The molecule has 1 aliphatic heterocycles. The third-order valence-electron chi connectivity index (χ3n) is 5.69. The van der Waals surface area contributed by atoms with Gasteiger partial charge in [0, 0.05) is 32.2 Å². The summed E-state index contributed by atoms with van der Waals surface area (Å²) in [6.45, 7) is 3.66. The topological polar surface area (TPSA) is 72.9 Å². The number of benzene rings is 1. The van der Waals surface area contributed by atoms with Crippen molar-refractivity contribution in [2.45, 2.75) is 37.8 Å². The molecule has 6 nitrogen and oxygen atoms in total. The lowest BCUT2D eigenvalue weighted by molar-refractivity contribution is -0.142. The molecule has 142 valence electrons. The Labute approximate surface area is 155 Å². The Morgan fingerprint density at radius 2 is 1.65 bits per heavy atom. The van der Waals surface area contributed by atoms with Crippen molar-refractivity contribution >= 4 is 11.9 Å². The number of carboxylic acids is 1. The molecule has 0 spiro atoms. The highest BCUT2D eigenvalue weighted by Gasteiger charge is 2.32. The molecule has 1 heterocycles. The predicted molar refractivity (Wildman–Crippen MR) is 99.8 cm³/mol. The van der Waals surface area contributed by atoms with Crippen molar-refractivity contribution in [3.05, 3.63) is 35.9 Å². The Bertz CT molecular complexity index is 606. The number of hydrogen-bond donors (Lipinski definition) is 2. The molecular weight excluding hydrogens is 330 g/mol. The number of nitrogens with zero attached hydrogens (tertiary/aromatic N) is 2. The summed E-state index contributed by atoms with van der Waals surface area (Å²) in [7, 11) is 2.11. The molecule has 2 aliphatic rings. The standard InChI is InChI=1S/C20H29N3O3/c1-22-11-13-23(14-12-22)18(15-5-3-2-4-6-15)19(24)21-17-9-7-16(8-10-17)20(25)26/h2-6,16-18H,7-14H2,1H3,(H,21,24)(H,25,26). The zero-order chi connectivity index (χ0) is 18.5. The smallest absolute Gasteiger partial charge is 0.306 e. The van der Waals surface area contributed by atoms with Gasteiger partial charge in [0.2, 0.25) is 5.91 Å². The van der Waals surface area contributed by atoms with Crippen LogP contribution in [0.1, 0.15) is 37.3 Å². The summed E-state index contributed by atoms with van der Waals surface area (Å²) >= 11 is 0. The molecule has 6 heteroatoms. The monoisotopic (exact) mass is 359 g/mol. The summed E-state index contributed by atoms with van der Waals surface area (Å²) in [5, 5.41) is 12.3. The number of aliphatic carboxylic acids is 1. The van der Waals surface area contributed by atoms with Crippen LogP contribution in [0.3, 0.4) is 0 Å². The van der Waals surface area contributed by atoms with Gasteiger partial charge in [-0.1, -0.05) is 30.3 Å². The van der Waals surface area contributed by atoms with E-state index in [9.17, 15) is 9.59 Å². The van der Waals surface area contributed by atoms with Crippen molar-refractivity contribution in [1.29, 1.82) is 0 Å². The minimum atomic E-state index is -0.714. The van der Waals surface area contributed by atoms with Gasteiger partial charge in [-0.25, -0.2) is 0 Å². The molecule has 1 atom stereocenters. The first-order chi connectivity index (χ1) is 12.5. The van der Waals surface area contributed by atoms with E-state index in [2.05, 4.69) is 22.2 Å². The highest BCUT2D eigenvalue weighted by atomic mass is 16.4. The summed E-state index contributed by atoms with van der Waals surface area (Å²) in [6.07, 6.45) is 2.77. The Balaban J connectivity index is 1.66. The summed E-state index contributed by atoms with van der Waals surface area (Å²) in [5.74, 6) is -0.931. The highest BCUT2D eigenvalue weighted by Crippen LogP contribution is 2.27. The fourth-order valence-electron chi connectivity index (χ4n) is 4.01. The number of nitrogens with one attached hydrogen (secondary N) is 1. The van der Waals surface area contributed by atoms with Crippen LogP contribution in [0.5, 0.6) is 0 Å². The van der Waals surface area contributed by atoms with Crippen LogP contribution in [0, 0.1) is 5.92 Å². The second-order valence-electron chi connectivity index (χ2n) is 7.55. The van der Waals surface area contributed by atoms with Gasteiger partial charge < -0.3 is 15.3 Å². The van der Waals surface area contributed by atoms with Gasteiger partial charge in [0.05, 0.1) is 5.92 Å². The van der Waals surface area contributed by atoms with E-state index in [1.807, 2.05) is 30.3 Å². The maximum atomic E-state index is 13.1. The van der Waals surface area contributed by atoms with Gasteiger partial charge in [0.15, 0.2) is 0 Å². The third-order valence-corrected chi connectivity index (χ3v) is 5.69. The molecule has 0 aromatic heterocycles. The van der Waals surface area contributed by atoms with Crippen LogP contribution in [-0.4, -0.2) is 66.1 Å². The van der Waals surface area contributed by atoms with E-state index >= 15 is 0 Å². The first kappa shape index (κ1) is 18.9. The van der Waals surface area contributed by atoms with Crippen molar-refractivity contribution < 1.29 is 14.7 Å². The molecule has 3 rings (SSSR count). The minimum Gasteiger partial charge on any atom is -0.481 e. The minimum absolute atomic E-state index is 0.0412. The van der Waals surface area contributed by atoms with Crippen LogP contribution >= 0.6 is 0 Å². The first-order valence-electron chi connectivity index (χ1n) is 9.55. The maximum absolute atomic E-state index is 13.1. The summed E-state index contributed by atoms with van der Waals surface area (Å²) < 4.78 is 0. The molecular formula is C20H29N3O3. The van der Waals surface area contributed by atoms with E-state index in [4.69, 9.17) is 5.11 Å². The summed E-state index contributed by atoms with van der Waals surface area (Å²) in [6, 6.07) is 9.76. The van der Waals surface area contributed by atoms with E-state index in [1.54, 1.807) is 0 Å². The molecule has 1 saturated carbocycles. The number of likely N-dealkylation sites (N-methyl/N-ethyl adjacent to an activating group) is 1. The van der Waals surface area contributed by atoms with Crippen molar-refractivity contribution in [2.75, 3.05) is 33.2 Å². The number of carboxylic acid groups (broad SMARTS) is 1. The Morgan fingerprint density at radius 1 is 1.04 bits per heavy atom. The Morgan fingerprint density at radius 3 is 2.23 bits per heavy atom. The number of amides is 1. The van der Waals surface area contributed by atoms with Gasteiger partial charge >= 0.3 is 5.97 Å². The maximum Gasteiger partial charge on any atom is 0.306 e. The van der Waals surface area contributed by atoms with Crippen LogP contribution < -0.4 is 5.32 Å². The SMILES string of the molecule is CN1CCN(C(C(=O)NC2CCC(C(=O)O)CC2)c2ccccc2)CC1. The van der Waals surface area contributed by atoms with Crippen molar-refractivity contribution in [3.63, 3.8) is 0 Å². The lowest BCUT2D eigenvalue weighted by Gasteiger charge is -2.38. The second kappa shape index (κ2) is 8.64. The van der Waals surface area contributed by atoms with Gasteiger partial charge in [-0.15, -0.1) is 0 Å². The van der Waals surface area contributed by atoms with Crippen LogP contribution in [0.4, 0.5) is 0 Å². The van der Waals surface area contributed by atoms with E-state index < -0.39 is 5.97 Å². The van der Waals surface area contributed by atoms with Crippen molar-refractivity contribution in [3.8, 4) is 0 Å². The van der Waals surface area contributed by atoms with Gasteiger partial charge in [-0.3, -0.25) is 14.5 Å². The fraction of sp³-hybridized carbons (Fsp3) is 0.600. The number of hydrogen-bond acceptors (Lipinski definition) is 4. The second-order valence-corrected chi connectivity index (χ2v) is 7.55. The summed E-state index contributed by atoms with van der Waals surface area (Å²) in [4.78, 5) is 28.8. The fourth-order valence-corrected chi connectivity index (χ4v) is 4.01. The molecule has 2 N–H and O–H groups in total. The molecule has 1 aromatic carbocycles. The molecule has 1 saturated heterocycles. The van der Waals surface area contributed by atoms with Crippen LogP contribution in [0.15, 0.2) is 30.3 Å². The molecule has 2 fully saturated rings. The van der Waals surface area contributed by atoms with E-state index in [1.165, 1.54) is 0 Å². The zero-order valence-electron chi connectivity index (χ0n) is 15.4.